The van der Waals surface area contributed by atoms with Crippen molar-refractivity contribution in [2.24, 2.45) is 5.92 Å². The lowest BCUT2D eigenvalue weighted by Gasteiger charge is -2.21. The summed E-state index contributed by atoms with van der Waals surface area (Å²) in [5.41, 5.74) is 5.33. The highest BCUT2D eigenvalue weighted by atomic mass is 16.1. The van der Waals surface area contributed by atoms with Crippen molar-refractivity contribution in [3.05, 3.63) is 46.6 Å². The Morgan fingerprint density at radius 2 is 2.00 bits per heavy atom. The number of rotatable bonds is 7. The standard InChI is InChI=1S/C20H30O/c1-16(7-5-9-18(3)15-21)8-6-10-19(4)20-13-11-17(2)12-14-20/h8-11,15,20H,5-7,12-14H2,1-4H3/b16-8+,18-9+,19-10+. The van der Waals surface area contributed by atoms with Crippen LogP contribution in [0.15, 0.2) is 46.6 Å². The monoisotopic (exact) mass is 286 g/mol. The minimum absolute atomic E-state index is 0.751. The van der Waals surface area contributed by atoms with Gasteiger partial charge in [0.25, 0.3) is 0 Å². The predicted molar refractivity (Wildman–Crippen MR) is 92.3 cm³/mol. The molecule has 0 aromatic heterocycles. The average molecular weight is 286 g/mol. The van der Waals surface area contributed by atoms with Gasteiger partial charge in [-0.15, -0.1) is 0 Å². The quantitative estimate of drug-likeness (QED) is 0.321. The molecule has 0 amide bonds. The number of carbonyl (C=O) groups is 1. The van der Waals surface area contributed by atoms with Gasteiger partial charge < -0.3 is 0 Å². The summed E-state index contributed by atoms with van der Waals surface area (Å²) >= 11 is 0. The van der Waals surface area contributed by atoms with E-state index in [1.807, 2.05) is 13.0 Å². The van der Waals surface area contributed by atoms with Crippen LogP contribution in [-0.2, 0) is 4.79 Å². The van der Waals surface area contributed by atoms with E-state index in [9.17, 15) is 4.79 Å². The smallest absolute Gasteiger partial charge is 0.145 e. The minimum Gasteiger partial charge on any atom is -0.298 e. The highest BCUT2D eigenvalue weighted by molar-refractivity contribution is 5.71. The molecule has 1 atom stereocenters. The summed E-state index contributed by atoms with van der Waals surface area (Å²) in [6, 6.07) is 0. The zero-order chi connectivity index (χ0) is 15.7. The molecule has 0 aliphatic heterocycles. The van der Waals surface area contributed by atoms with Gasteiger partial charge in [-0.2, -0.15) is 0 Å². The van der Waals surface area contributed by atoms with Gasteiger partial charge in [0.15, 0.2) is 0 Å². The molecule has 21 heavy (non-hydrogen) atoms. The molecule has 116 valence electrons. The van der Waals surface area contributed by atoms with Gasteiger partial charge in [0.1, 0.15) is 6.29 Å². The van der Waals surface area contributed by atoms with E-state index in [1.54, 1.807) is 11.1 Å². The second-order valence-corrected chi connectivity index (χ2v) is 6.36. The first-order valence-corrected chi connectivity index (χ1v) is 8.12. The second-order valence-electron chi connectivity index (χ2n) is 6.36. The van der Waals surface area contributed by atoms with Crippen LogP contribution in [0.4, 0.5) is 0 Å². The highest BCUT2D eigenvalue weighted by Crippen LogP contribution is 2.28. The van der Waals surface area contributed by atoms with Crippen LogP contribution in [0.2, 0.25) is 0 Å². The molecule has 1 aliphatic carbocycles. The Labute approximate surface area is 130 Å². The van der Waals surface area contributed by atoms with Crippen molar-refractivity contribution < 1.29 is 4.79 Å². The van der Waals surface area contributed by atoms with E-state index in [0.29, 0.717) is 0 Å². The van der Waals surface area contributed by atoms with Crippen LogP contribution in [0.1, 0.15) is 66.2 Å². The van der Waals surface area contributed by atoms with E-state index in [0.717, 1.165) is 37.0 Å². The molecular weight excluding hydrogens is 256 g/mol. The topological polar surface area (TPSA) is 17.1 Å². The fourth-order valence-corrected chi connectivity index (χ4v) is 2.67. The maximum Gasteiger partial charge on any atom is 0.145 e. The zero-order valence-corrected chi connectivity index (χ0v) is 14.1. The van der Waals surface area contributed by atoms with Gasteiger partial charge in [-0.3, -0.25) is 4.79 Å². The van der Waals surface area contributed by atoms with E-state index >= 15 is 0 Å². The number of hydrogen-bond acceptors (Lipinski definition) is 1. The molecule has 0 saturated heterocycles. The predicted octanol–water partition coefficient (Wildman–Crippen LogP) is 5.94. The third-order valence-electron chi connectivity index (χ3n) is 4.38. The summed E-state index contributed by atoms with van der Waals surface area (Å²) in [7, 11) is 0. The van der Waals surface area contributed by atoms with Crippen LogP contribution < -0.4 is 0 Å². The number of carbonyl (C=O) groups excluding carboxylic acids is 1. The molecule has 0 bridgehead atoms. The molecule has 1 unspecified atom stereocenters. The highest BCUT2D eigenvalue weighted by Gasteiger charge is 2.13. The lowest BCUT2D eigenvalue weighted by Crippen LogP contribution is -2.05. The lowest BCUT2D eigenvalue weighted by molar-refractivity contribution is -0.104. The first kappa shape index (κ1) is 17.7. The Morgan fingerprint density at radius 1 is 1.24 bits per heavy atom. The van der Waals surface area contributed by atoms with Gasteiger partial charge in [-0.1, -0.05) is 41.0 Å². The van der Waals surface area contributed by atoms with E-state index in [4.69, 9.17) is 0 Å². The lowest BCUT2D eigenvalue weighted by atomic mass is 9.85. The Kier molecular flexibility index (Phi) is 8.04. The van der Waals surface area contributed by atoms with Crippen molar-refractivity contribution in [2.45, 2.75) is 66.2 Å². The first-order chi connectivity index (χ1) is 10.0. The van der Waals surface area contributed by atoms with Gasteiger partial charge in [0.2, 0.25) is 0 Å². The third kappa shape index (κ3) is 7.27. The fraction of sp³-hybridized carbons (Fsp3) is 0.550. The molecule has 0 aromatic rings. The number of aldehydes is 1. The second kappa shape index (κ2) is 9.55. The Hall–Kier alpha value is -1.37. The summed E-state index contributed by atoms with van der Waals surface area (Å²) in [6.45, 7) is 8.55. The van der Waals surface area contributed by atoms with Crippen LogP contribution in [-0.4, -0.2) is 6.29 Å². The molecule has 0 spiro atoms. The summed E-state index contributed by atoms with van der Waals surface area (Å²) in [5, 5.41) is 0. The van der Waals surface area contributed by atoms with Crippen molar-refractivity contribution in [3.63, 3.8) is 0 Å². The molecule has 0 saturated carbocycles. The molecule has 0 fully saturated rings. The maximum absolute atomic E-state index is 10.5. The third-order valence-corrected chi connectivity index (χ3v) is 4.38. The summed E-state index contributed by atoms with van der Waals surface area (Å²) in [5.74, 6) is 0.751. The van der Waals surface area contributed by atoms with Crippen LogP contribution in [0.25, 0.3) is 0 Å². The van der Waals surface area contributed by atoms with Crippen molar-refractivity contribution >= 4 is 6.29 Å². The van der Waals surface area contributed by atoms with Crippen LogP contribution in [0, 0.1) is 5.92 Å². The van der Waals surface area contributed by atoms with Crippen molar-refractivity contribution in [1.82, 2.24) is 0 Å². The van der Waals surface area contributed by atoms with Gasteiger partial charge in [-0.05, 0) is 77.7 Å². The summed E-state index contributed by atoms with van der Waals surface area (Å²) in [4.78, 5) is 10.5. The van der Waals surface area contributed by atoms with Gasteiger partial charge >= 0.3 is 0 Å². The molecular formula is C20H30O. The summed E-state index contributed by atoms with van der Waals surface area (Å²) < 4.78 is 0. The Bertz CT molecular complexity index is 460. The molecule has 0 heterocycles. The molecule has 0 N–H and O–H groups in total. The van der Waals surface area contributed by atoms with E-state index < -0.39 is 0 Å². The van der Waals surface area contributed by atoms with Gasteiger partial charge in [0, 0.05) is 0 Å². The molecule has 1 rings (SSSR count). The molecule has 1 heteroatoms. The molecule has 1 nitrogen and oxygen atoms in total. The SMILES string of the molecule is CC1=CCC(/C(C)=C/C/C=C(\C)CC/C=C(\C)C=O)CC1. The zero-order valence-electron chi connectivity index (χ0n) is 14.1. The van der Waals surface area contributed by atoms with Crippen LogP contribution in [0.3, 0.4) is 0 Å². The van der Waals surface area contributed by atoms with E-state index in [2.05, 4.69) is 39.0 Å². The number of allylic oxidation sites excluding steroid dienone is 8. The summed E-state index contributed by atoms with van der Waals surface area (Å²) in [6.07, 6.45) is 16.9. The normalized spacial score (nSPS) is 21.2. The van der Waals surface area contributed by atoms with Crippen molar-refractivity contribution in [1.29, 1.82) is 0 Å². The molecule has 0 radical (unpaired) electrons. The Morgan fingerprint density at radius 3 is 2.62 bits per heavy atom. The van der Waals surface area contributed by atoms with Crippen LogP contribution in [0.5, 0.6) is 0 Å². The van der Waals surface area contributed by atoms with E-state index in [1.165, 1.54) is 24.8 Å². The van der Waals surface area contributed by atoms with Crippen molar-refractivity contribution in [2.75, 3.05) is 0 Å². The molecule has 0 aromatic carbocycles. The Balaban J connectivity index is 2.37. The largest absolute Gasteiger partial charge is 0.298 e. The van der Waals surface area contributed by atoms with Gasteiger partial charge in [-0.25, -0.2) is 0 Å². The number of hydrogen-bond donors (Lipinski definition) is 0. The first-order valence-electron chi connectivity index (χ1n) is 8.12. The minimum atomic E-state index is 0.751. The van der Waals surface area contributed by atoms with Crippen molar-refractivity contribution in [3.8, 4) is 0 Å². The molecule has 1 aliphatic rings. The van der Waals surface area contributed by atoms with Gasteiger partial charge in [0.05, 0.1) is 0 Å². The van der Waals surface area contributed by atoms with E-state index in [-0.39, 0.29) is 0 Å². The average Bonchev–Trinajstić information content (AvgIpc) is 2.47. The fourth-order valence-electron chi connectivity index (χ4n) is 2.67. The maximum atomic E-state index is 10.5. The van der Waals surface area contributed by atoms with Crippen LogP contribution >= 0.6 is 0 Å².